The van der Waals surface area contributed by atoms with Gasteiger partial charge in [0.2, 0.25) is 5.91 Å². The average Bonchev–Trinajstić information content (AvgIpc) is 3.33. The van der Waals surface area contributed by atoms with Gasteiger partial charge in [-0.15, -0.1) is 0 Å². The highest BCUT2D eigenvalue weighted by atomic mass is 79.9. The average molecular weight is 589 g/mol. The Morgan fingerprint density at radius 1 is 1.11 bits per heavy atom. The lowest BCUT2D eigenvalue weighted by molar-refractivity contribution is -0.295. The van der Waals surface area contributed by atoms with E-state index < -0.39 is 42.1 Å². The highest BCUT2D eigenvalue weighted by molar-refractivity contribution is 9.10. The number of nitrogens with zero attached hydrogens (tertiary/aromatic N) is 4. The van der Waals surface area contributed by atoms with Crippen molar-refractivity contribution in [1.82, 2.24) is 15.1 Å². The monoisotopic (exact) mass is 588 g/mol. The van der Waals surface area contributed by atoms with E-state index in [1.54, 1.807) is 18.2 Å². The summed E-state index contributed by atoms with van der Waals surface area (Å²) in [5.74, 6) is -0.548. The summed E-state index contributed by atoms with van der Waals surface area (Å²) < 4.78 is 59.6. The third kappa shape index (κ3) is 4.68. The number of amides is 1. The molecule has 4 aliphatic rings. The van der Waals surface area contributed by atoms with E-state index in [1.807, 2.05) is 0 Å². The van der Waals surface area contributed by atoms with Crippen LogP contribution in [0.1, 0.15) is 76.9 Å². The molecule has 2 aromatic heterocycles. The van der Waals surface area contributed by atoms with Crippen LogP contribution in [0.4, 0.5) is 23.4 Å². The smallest absolute Gasteiger partial charge is 0.380 e. The Hall–Kier alpha value is -2.08. The van der Waals surface area contributed by atoms with Crippen LogP contribution >= 0.6 is 15.9 Å². The van der Waals surface area contributed by atoms with E-state index in [2.05, 4.69) is 31.1 Å². The van der Waals surface area contributed by atoms with Gasteiger partial charge in [0.25, 0.3) is 5.89 Å². The number of anilines is 1. The zero-order valence-electron chi connectivity index (χ0n) is 20.6. The lowest BCUT2D eigenvalue weighted by Gasteiger charge is -2.54. The van der Waals surface area contributed by atoms with Crippen molar-refractivity contribution in [1.29, 1.82) is 0 Å². The van der Waals surface area contributed by atoms with Crippen LogP contribution in [0.25, 0.3) is 0 Å². The third-order valence-corrected chi connectivity index (χ3v) is 9.03. The predicted octanol–water partition coefficient (Wildman–Crippen LogP) is 5.76. The maximum atomic E-state index is 14.3. The summed E-state index contributed by atoms with van der Waals surface area (Å²) in [6, 6.07) is 5.11. The molecule has 2 heterocycles. The number of aliphatic hydroxyl groups is 1. The second-order valence-electron chi connectivity index (χ2n) is 11.6. The first-order valence-corrected chi connectivity index (χ1v) is 13.2. The predicted molar refractivity (Wildman–Crippen MR) is 128 cm³/mol. The number of carbonyl (C=O) groups is 1. The number of carbonyl (C=O) groups excluding carboxylic acids is 1. The van der Waals surface area contributed by atoms with Gasteiger partial charge in [0, 0.05) is 17.9 Å². The zero-order chi connectivity index (χ0) is 26.9. The summed E-state index contributed by atoms with van der Waals surface area (Å²) in [5, 5.41) is 14.0. The molecule has 1 amide bonds. The van der Waals surface area contributed by atoms with Crippen molar-refractivity contribution in [2.75, 3.05) is 11.4 Å². The number of pyridine rings is 1. The number of hydrogen-bond donors (Lipinski definition) is 1. The van der Waals surface area contributed by atoms with Crippen LogP contribution in [0, 0.1) is 11.3 Å². The second-order valence-corrected chi connectivity index (χ2v) is 12.4. The molecule has 0 spiro atoms. The van der Waals surface area contributed by atoms with Gasteiger partial charge in [-0.2, -0.15) is 18.2 Å². The molecule has 0 aliphatic heterocycles. The third-order valence-electron chi connectivity index (χ3n) is 8.59. The number of fused-ring (bicyclic) bond motifs is 3. The molecule has 12 heteroatoms. The Morgan fingerprint density at radius 2 is 1.73 bits per heavy atom. The van der Waals surface area contributed by atoms with Gasteiger partial charge in [-0.1, -0.05) is 11.2 Å². The maximum absolute atomic E-state index is 14.3. The van der Waals surface area contributed by atoms with Gasteiger partial charge in [0.1, 0.15) is 10.4 Å². The second kappa shape index (κ2) is 8.72. The van der Waals surface area contributed by atoms with Crippen molar-refractivity contribution in [2.45, 2.75) is 88.1 Å². The topological polar surface area (TPSA) is 92.4 Å². The number of hydrogen-bond acceptors (Lipinski definition) is 6. The summed E-state index contributed by atoms with van der Waals surface area (Å²) in [6.07, 6.45) is -1.59. The molecule has 4 saturated carbocycles. The van der Waals surface area contributed by atoms with E-state index in [0.29, 0.717) is 22.8 Å². The SMILES string of the molecule is CC(C)(F)c1nc(C23CCC(CN(c4cccc(Br)n4)C(=O)[C@H]4C[C@](O)(C(F)(F)F)C4)(CC2)CC3)no1. The van der Waals surface area contributed by atoms with Gasteiger partial charge in [-0.05, 0) is 98.7 Å². The van der Waals surface area contributed by atoms with Crippen molar-refractivity contribution < 1.29 is 32.0 Å². The van der Waals surface area contributed by atoms with Crippen LogP contribution in [0.5, 0.6) is 0 Å². The van der Waals surface area contributed by atoms with Crippen molar-refractivity contribution in [3.05, 3.63) is 34.5 Å². The molecule has 4 aliphatic carbocycles. The number of halogens is 5. The van der Waals surface area contributed by atoms with Crippen molar-refractivity contribution in [3.63, 3.8) is 0 Å². The quantitative estimate of drug-likeness (QED) is 0.341. The van der Waals surface area contributed by atoms with Gasteiger partial charge < -0.3 is 9.63 Å². The fourth-order valence-corrected chi connectivity index (χ4v) is 6.39. The molecule has 0 aromatic carbocycles. The molecule has 0 unspecified atom stereocenters. The molecule has 37 heavy (non-hydrogen) atoms. The van der Waals surface area contributed by atoms with E-state index in [1.165, 1.54) is 18.7 Å². The van der Waals surface area contributed by atoms with Crippen molar-refractivity contribution >= 4 is 27.7 Å². The molecule has 6 rings (SSSR count). The Morgan fingerprint density at radius 3 is 2.24 bits per heavy atom. The molecule has 7 nitrogen and oxygen atoms in total. The molecule has 0 saturated heterocycles. The van der Waals surface area contributed by atoms with E-state index in [0.717, 1.165) is 38.5 Å². The molecule has 202 valence electrons. The van der Waals surface area contributed by atoms with Gasteiger partial charge in [0.15, 0.2) is 17.1 Å². The van der Waals surface area contributed by atoms with E-state index in [9.17, 15) is 27.5 Å². The Balaban J connectivity index is 1.35. The Bertz CT molecular complexity index is 1160. The van der Waals surface area contributed by atoms with Crippen molar-refractivity contribution in [3.8, 4) is 0 Å². The zero-order valence-corrected chi connectivity index (χ0v) is 22.2. The first-order valence-electron chi connectivity index (χ1n) is 12.4. The molecule has 0 radical (unpaired) electrons. The van der Waals surface area contributed by atoms with Gasteiger partial charge >= 0.3 is 6.18 Å². The Kier molecular flexibility index (Phi) is 6.25. The first kappa shape index (κ1) is 26.5. The van der Waals surface area contributed by atoms with E-state index >= 15 is 0 Å². The minimum Gasteiger partial charge on any atom is -0.380 e. The summed E-state index contributed by atoms with van der Waals surface area (Å²) in [4.78, 5) is 23.8. The first-order chi connectivity index (χ1) is 17.2. The fourth-order valence-electron chi connectivity index (χ4n) is 6.05. The minimum atomic E-state index is -4.77. The lowest BCUT2D eigenvalue weighted by Crippen LogP contribution is -2.60. The van der Waals surface area contributed by atoms with Crippen LogP contribution in [0.15, 0.2) is 27.3 Å². The molecule has 0 atom stereocenters. The van der Waals surface area contributed by atoms with Crippen LogP contribution in [-0.4, -0.2) is 44.5 Å². The fraction of sp³-hybridized carbons (Fsp3) is 0.680. The number of aromatic nitrogens is 3. The standard InChI is InChI=1S/C25H29BrF4N4O3/c1-21(2,27)20-32-19(33-37-20)23-9-6-22(7-10-23,8-11-23)14-34(17-5-3-4-16(26)31-17)18(35)15-12-24(36,13-15)25(28,29)30/h3-5,15,36H,6-14H2,1-2H3/t15-,22?,23?,24+. The normalized spacial score (nSPS) is 31.7. The van der Waals surface area contributed by atoms with Gasteiger partial charge in [0.05, 0.1) is 0 Å². The number of rotatable bonds is 6. The van der Waals surface area contributed by atoms with Gasteiger partial charge in [-0.25, -0.2) is 9.37 Å². The highest BCUT2D eigenvalue weighted by Gasteiger charge is 2.63. The van der Waals surface area contributed by atoms with E-state index in [4.69, 9.17) is 4.52 Å². The number of alkyl halides is 4. The van der Waals surface area contributed by atoms with Crippen LogP contribution < -0.4 is 4.90 Å². The summed E-state index contributed by atoms with van der Waals surface area (Å²) in [6.45, 7) is 3.06. The molecular formula is C25H29BrF4N4O3. The molecular weight excluding hydrogens is 560 g/mol. The molecule has 1 N–H and O–H groups in total. The molecule has 2 aromatic rings. The summed E-state index contributed by atoms with van der Waals surface area (Å²) in [7, 11) is 0. The Labute approximate surface area is 220 Å². The van der Waals surface area contributed by atoms with Crippen LogP contribution in [0.2, 0.25) is 0 Å². The highest BCUT2D eigenvalue weighted by Crippen LogP contribution is 2.58. The lowest BCUT2D eigenvalue weighted by atomic mass is 9.53. The van der Waals surface area contributed by atoms with Crippen molar-refractivity contribution in [2.24, 2.45) is 11.3 Å². The largest absolute Gasteiger partial charge is 0.417 e. The van der Waals surface area contributed by atoms with E-state index in [-0.39, 0.29) is 16.7 Å². The van der Waals surface area contributed by atoms with Crippen LogP contribution in [-0.2, 0) is 15.9 Å². The maximum Gasteiger partial charge on any atom is 0.417 e. The minimum absolute atomic E-state index is 0.0453. The molecule has 2 bridgehead atoms. The van der Waals surface area contributed by atoms with Gasteiger partial charge in [-0.3, -0.25) is 9.69 Å². The summed E-state index contributed by atoms with van der Waals surface area (Å²) >= 11 is 3.32. The van der Waals surface area contributed by atoms with Crippen LogP contribution in [0.3, 0.4) is 0 Å². The summed E-state index contributed by atoms with van der Waals surface area (Å²) in [5.41, 5.74) is -5.10. The molecule has 4 fully saturated rings.